The number of hydrogen-bond acceptors (Lipinski definition) is 2. The fourth-order valence-electron chi connectivity index (χ4n) is 5.81. The van der Waals surface area contributed by atoms with E-state index < -0.39 is 0 Å². The van der Waals surface area contributed by atoms with Crippen molar-refractivity contribution in [2.75, 3.05) is 0 Å². The molecule has 3 nitrogen and oxygen atoms in total. The van der Waals surface area contributed by atoms with Gasteiger partial charge in [-0.25, -0.2) is 4.99 Å². The van der Waals surface area contributed by atoms with Crippen LogP contribution in [0.25, 0.3) is 49.6 Å². The molecule has 0 atom stereocenters. The lowest BCUT2D eigenvalue weighted by Crippen LogP contribution is -2.13. The van der Waals surface area contributed by atoms with Gasteiger partial charge >= 0.3 is 0 Å². The van der Waals surface area contributed by atoms with E-state index in [4.69, 9.17) is 15.7 Å². The molecule has 0 amide bonds. The normalized spacial score (nSPS) is 12.1. The van der Waals surface area contributed by atoms with Crippen molar-refractivity contribution in [3.8, 4) is 22.4 Å². The van der Waals surface area contributed by atoms with Crippen LogP contribution in [0.5, 0.6) is 0 Å². The van der Waals surface area contributed by atoms with E-state index in [1.807, 2.05) is 42.6 Å². The van der Waals surface area contributed by atoms with Crippen LogP contribution in [0.4, 0.5) is 0 Å². The van der Waals surface area contributed by atoms with Crippen molar-refractivity contribution in [2.24, 2.45) is 10.7 Å². The third kappa shape index (κ3) is 5.51. The first kappa shape index (κ1) is 27.1. The van der Waals surface area contributed by atoms with Gasteiger partial charge in [-0.15, -0.1) is 0 Å². The highest BCUT2D eigenvalue weighted by Gasteiger charge is 2.13. The molecular weight excluding hydrogens is 534 g/mol. The van der Waals surface area contributed by atoms with Gasteiger partial charge in [0, 0.05) is 28.3 Å². The molecule has 1 aromatic heterocycles. The standard InChI is InChI=1S/C41H31N3/c42-41(31-15-5-2-6-16-31)44-39(25-22-29-12-3-1-4-13-29)38-24-23-34(36-20-9-10-21-37(36)38)32-17-11-18-33(28-32)40-35-19-8-7-14-30(35)26-27-43-40/h1-21,23-28H,22H2,(H2,42,44)/b39-25-. The van der Waals surface area contributed by atoms with E-state index in [1.165, 1.54) is 10.9 Å². The first-order chi connectivity index (χ1) is 21.7. The summed E-state index contributed by atoms with van der Waals surface area (Å²) in [7, 11) is 0. The molecule has 7 rings (SSSR count). The molecule has 0 aliphatic heterocycles. The number of hydrogen-bond donors (Lipinski definition) is 1. The van der Waals surface area contributed by atoms with Crippen molar-refractivity contribution in [3.05, 3.63) is 181 Å². The van der Waals surface area contributed by atoms with Gasteiger partial charge in [-0.3, -0.25) is 4.98 Å². The van der Waals surface area contributed by atoms with Gasteiger partial charge in [-0.1, -0.05) is 146 Å². The summed E-state index contributed by atoms with van der Waals surface area (Å²) in [5, 5.41) is 4.62. The molecule has 0 saturated carbocycles. The summed E-state index contributed by atoms with van der Waals surface area (Å²) in [6.45, 7) is 0. The highest BCUT2D eigenvalue weighted by molar-refractivity contribution is 6.06. The van der Waals surface area contributed by atoms with Gasteiger partial charge in [0.1, 0.15) is 5.84 Å². The van der Waals surface area contributed by atoms with Crippen molar-refractivity contribution in [1.82, 2.24) is 4.98 Å². The van der Waals surface area contributed by atoms with E-state index in [1.54, 1.807) is 0 Å². The van der Waals surface area contributed by atoms with Crippen LogP contribution in [0.15, 0.2) is 169 Å². The summed E-state index contributed by atoms with van der Waals surface area (Å²) in [6, 6.07) is 52.5. The Kier molecular flexibility index (Phi) is 7.51. The lowest BCUT2D eigenvalue weighted by Gasteiger charge is -2.14. The Bertz CT molecular complexity index is 2140. The van der Waals surface area contributed by atoms with Crippen LogP contribution >= 0.6 is 0 Å². The SMILES string of the molecule is NC(=N/C(=C\Cc1ccccc1)c1ccc(-c2cccc(-c3nccc4ccccc34)c2)c2ccccc12)c1ccccc1. The number of nitrogens with zero attached hydrogens (tertiary/aromatic N) is 2. The van der Waals surface area contributed by atoms with E-state index in [0.717, 1.165) is 61.8 Å². The van der Waals surface area contributed by atoms with Gasteiger partial charge in [0.15, 0.2) is 0 Å². The predicted octanol–water partition coefficient (Wildman–Crippen LogP) is 9.71. The van der Waals surface area contributed by atoms with E-state index in [0.29, 0.717) is 5.84 Å². The molecule has 3 heteroatoms. The zero-order chi connectivity index (χ0) is 29.7. The topological polar surface area (TPSA) is 51.3 Å². The number of aromatic nitrogens is 1. The molecule has 44 heavy (non-hydrogen) atoms. The van der Waals surface area contributed by atoms with Crippen molar-refractivity contribution < 1.29 is 0 Å². The van der Waals surface area contributed by atoms with Gasteiger partial charge < -0.3 is 5.73 Å². The zero-order valence-corrected chi connectivity index (χ0v) is 24.3. The summed E-state index contributed by atoms with van der Waals surface area (Å²) >= 11 is 0. The predicted molar refractivity (Wildman–Crippen MR) is 185 cm³/mol. The maximum absolute atomic E-state index is 6.58. The van der Waals surface area contributed by atoms with E-state index >= 15 is 0 Å². The number of nitrogens with two attached hydrogens (primary N) is 1. The second kappa shape index (κ2) is 12.2. The van der Waals surface area contributed by atoms with Crippen LogP contribution in [0.1, 0.15) is 16.7 Å². The molecule has 7 aromatic rings. The molecule has 210 valence electrons. The lowest BCUT2D eigenvalue weighted by molar-refractivity contribution is 1.26. The quantitative estimate of drug-likeness (QED) is 0.154. The van der Waals surface area contributed by atoms with E-state index in [9.17, 15) is 0 Å². The van der Waals surface area contributed by atoms with Gasteiger partial charge in [-0.05, 0) is 51.4 Å². The number of fused-ring (bicyclic) bond motifs is 2. The van der Waals surface area contributed by atoms with E-state index in [-0.39, 0.29) is 0 Å². The maximum atomic E-state index is 6.58. The van der Waals surface area contributed by atoms with Crippen molar-refractivity contribution >= 4 is 33.1 Å². The molecule has 6 aromatic carbocycles. The maximum Gasteiger partial charge on any atom is 0.131 e. The smallest absolute Gasteiger partial charge is 0.131 e. The largest absolute Gasteiger partial charge is 0.383 e. The third-order valence-electron chi connectivity index (χ3n) is 8.01. The molecule has 0 spiro atoms. The molecule has 0 aliphatic rings. The van der Waals surface area contributed by atoms with Gasteiger partial charge in [0.2, 0.25) is 0 Å². The summed E-state index contributed by atoms with van der Waals surface area (Å²) in [6.07, 6.45) is 4.82. The number of amidine groups is 1. The highest BCUT2D eigenvalue weighted by atomic mass is 14.9. The van der Waals surface area contributed by atoms with Gasteiger partial charge in [0.05, 0.1) is 11.4 Å². The Hall–Kier alpha value is -5.80. The molecule has 0 bridgehead atoms. The molecule has 1 heterocycles. The van der Waals surface area contributed by atoms with Crippen molar-refractivity contribution in [1.29, 1.82) is 0 Å². The van der Waals surface area contributed by atoms with Crippen molar-refractivity contribution in [2.45, 2.75) is 6.42 Å². The zero-order valence-electron chi connectivity index (χ0n) is 24.3. The molecule has 0 radical (unpaired) electrons. The Labute approximate surface area is 257 Å². The minimum Gasteiger partial charge on any atom is -0.383 e. The Morgan fingerprint density at radius 2 is 1.30 bits per heavy atom. The average Bonchev–Trinajstić information content (AvgIpc) is 3.10. The van der Waals surface area contributed by atoms with Crippen LogP contribution < -0.4 is 5.73 Å². The molecular formula is C41H31N3. The Morgan fingerprint density at radius 3 is 2.11 bits per heavy atom. The number of pyridine rings is 1. The first-order valence-electron chi connectivity index (χ1n) is 14.8. The first-order valence-corrected chi connectivity index (χ1v) is 14.8. The van der Waals surface area contributed by atoms with Gasteiger partial charge in [-0.2, -0.15) is 0 Å². The Morgan fingerprint density at radius 1 is 0.614 bits per heavy atom. The summed E-state index contributed by atoms with van der Waals surface area (Å²) in [5.74, 6) is 0.494. The third-order valence-corrected chi connectivity index (χ3v) is 8.01. The van der Waals surface area contributed by atoms with Gasteiger partial charge in [0.25, 0.3) is 0 Å². The van der Waals surface area contributed by atoms with Crippen molar-refractivity contribution in [3.63, 3.8) is 0 Å². The summed E-state index contributed by atoms with van der Waals surface area (Å²) in [4.78, 5) is 9.79. The van der Waals surface area contributed by atoms with Crippen LogP contribution in [0.3, 0.4) is 0 Å². The lowest BCUT2D eigenvalue weighted by atomic mass is 9.92. The number of rotatable bonds is 7. The van der Waals surface area contributed by atoms with Crippen LogP contribution in [0, 0.1) is 0 Å². The molecule has 0 fully saturated rings. The average molecular weight is 566 g/mol. The van der Waals surface area contributed by atoms with E-state index in [2.05, 4.69) is 121 Å². The monoisotopic (exact) mass is 565 g/mol. The fraction of sp³-hybridized carbons (Fsp3) is 0.0244. The second-order valence-corrected chi connectivity index (χ2v) is 10.8. The summed E-state index contributed by atoms with van der Waals surface area (Å²) in [5.41, 5.74) is 15.0. The molecule has 0 unspecified atom stereocenters. The minimum absolute atomic E-state index is 0.494. The van der Waals surface area contributed by atoms with Crippen LogP contribution in [-0.4, -0.2) is 10.8 Å². The minimum atomic E-state index is 0.494. The van der Waals surface area contributed by atoms with Crippen LogP contribution in [-0.2, 0) is 6.42 Å². The Balaban J connectivity index is 1.35. The molecule has 2 N–H and O–H groups in total. The fourth-order valence-corrected chi connectivity index (χ4v) is 5.81. The number of allylic oxidation sites excluding steroid dienone is 1. The second-order valence-electron chi connectivity index (χ2n) is 10.8. The molecule has 0 aliphatic carbocycles. The summed E-state index contributed by atoms with van der Waals surface area (Å²) < 4.78 is 0. The number of benzene rings is 6. The number of aliphatic imine (C=N–C) groups is 1. The van der Waals surface area contributed by atoms with Crippen LogP contribution in [0.2, 0.25) is 0 Å². The molecule has 0 saturated heterocycles. The highest BCUT2D eigenvalue weighted by Crippen LogP contribution is 2.36.